The van der Waals surface area contributed by atoms with Crippen LogP contribution in [0.2, 0.25) is 0 Å². The second kappa shape index (κ2) is 4.92. The first kappa shape index (κ1) is 13.1. The smallest absolute Gasteiger partial charge is 0.271 e. The van der Waals surface area contributed by atoms with Crippen LogP contribution in [0.4, 0.5) is 11.4 Å². The molecule has 17 heavy (non-hydrogen) atoms. The van der Waals surface area contributed by atoms with Gasteiger partial charge in [0.15, 0.2) is 0 Å². The van der Waals surface area contributed by atoms with E-state index in [1.165, 1.54) is 25.3 Å². The zero-order valence-electron chi connectivity index (χ0n) is 9.89. The molecule has 0 spiro atoms. The van der Waals surface area contributed by atoms with E-state index in [9.17, 15) is 14.9 Å². The van der Waals surface area contributed by atoms with Crippen molar-refractivity contribution in [3.05, 3.63) is 34.4 Å². The Kier molecular flexibility index (Phi) is 3.80. The van der Waals surface area contributed by atoms with Crippen molar-refractivity contribution in [2.24, 2.45) is 0 Å². The molecule has 0 aliphatic heterocycles. The molecule has 1 aromatic carbocycles. The van der Waals surface area contributed by atoms with E-state index in [-0.39, 0.29) is 11.6 Å². The summed E-state index contributed by atoms with van der Waals surface area (Å²) in [5.74, 6) is -0.361. The minimum Gasteiger partial charge on any atom is -0.369 e. The van der Waals surface area contributed by atoms with Crippen LogP contribution in [0.15, 0.2) is 24.3 Å². The molecule has 0 saturated carbocycles. The Bertz CT molecular complexity index is 443. The number of rotatable bonds is 4. The Labute approximate surface area is 98.7 Å². The Morgan fingerprint density at radius 2 is 2.12 bits per heavy atom. The normalized spacial score (nSPS) is 11.0. The predicted molar refractivity (Wildman–Crippen MR) is 62.8 cm³/mol. The van der Waals surface area contributed by atoms with Crippen molar-refractivity contribution in [1.29, 1.82) is 0 Å². The van der Waals surface area contributed by atoms with E-state index in [4.69, 9.17) is 4.74 Å². The Hall–Kier alpha value is -1.95. The second-order valence-electron chi connectivity index (χ2n) is 3.98. The van der Waals surface area contributed by atoms with Crippen molar-refractivity contribution < 1.29 is 14.5 Å². The van der Waals surface area contributed by atoms with Crippen LogP contribution in [0.1, 0.15) is 13.8 Å². The summed E-state index contributed by atoms with van der Waals surface area (Å²) >= 11 is 0. The number of hydrogen-bond acceptors (Lipinski definition) is 4. The highest BCUT2D eigenvalue weighted by atomic mass is 16.6. The molecule has 0 atom stereocenters. The molecule has 1 rings (SSSR count). The number of nitro groups is 1. The summed E-state index contributed by atoms with van der Waals surface area (Å²) in [6.45, 7) is 3.22. The van der Waals surface area contributed by atoms with Crippen molar-refractivity contribution in [1.82, 2.24) is 0 Å². The van der Waals surface area contributed by atoms with E-state index in [1.54, 1.807) is 19.9 Å². The van der Waals surface area contributed by atoms with Gasteiger partial charge in [0.2, 0.25) is 0 Å². The topological polar surface area (TPSA) is 81.5 Å². The Balaban J connectivity index is 2.86. The zero-order valence-corrected chi connectivity index (χ0v) is 9.89. The molecule has 0 aromatic heterocycles. The molecule has 0 radical (unpaired) electrons. The van der Waals surface area contributed by atoms with Crippen LogP contribution in [0, 0.1) is 10.1 Å². The van der Waals surface area contributed by atoms with Gasteiger partial charge in [-0.3, -0.25) is 14.9 Å². The number of nitrogens with one attached hydrogen (secondary N) is 1. The average Bonchev–Trinajstić information content (AvgIpc) is 2.29. The monoisotopic (exact) mass is 238 g/mol. The fraction of sp³-hybridized carbons (Fsp3) is 0.364. The first-order valence-electron chi connectivity index (χ1n) is 4.98. The van der Waals surface area contributed by atoms with Gasteiger partial charge in [-0.15, -0.1) is 0 Å². The number of carbonyl (C=O) groups is 1. The van der Waals surface area contributed by atoms with Gasteiger partial charge in [0.1, 0.15) is 5.60 Å². The van der Waals surface area contributed by atoms with Crippen LogP contribution >= 0.6 is 0 Å². The van der Waals surface area contributed by atoms with E-state index < -0.39 is 10.5 Å². The second-order valence-corrected chi connectivity index (χ2v) is 3.98. The van der Waals surface area contributed by atoms with Crippen LogP contribution in [-0.2, 0) is 9.53 Å². The number of amides is 1. The van der Waals surface area contributed by atoms with Gasteiger partial charge in [0.25, 0.3) is 11.6 Å². The lowest BCUT2D eigenvalue weighted by Gasteiger charge is -2.21. The lowest BCUT2D eigenvalue weighted by Crippen LogP contribution is -2.38. The van der Waals surface area contributed by atoms with Gasteiger partial charge in [0, 0.05) is 24.9 Å². The summed E-state index contributed by atoms with van der Waals surface area (Å²) in [6, 6.07) is 5.74. The number of nitrogens with zero attached hydrogens (tertiary/aromatic N) is 1. The SMILES string of the molecule is COC(C)(C)C(=O)Nc1cccc([N+](=O)[O-])c1. The largest absolute Gasteiger partial charge is 0.369 e. The molecule has 1 amide bonds. The summed E-state index contributed by atoms with van der Waals surface area (Å²) in [6.07, 6.45) is 0. The van der Waals surface area contributed by atoms with Gasteiger partial charge in [-0.1, -0.05) is 6.07 Å². The molecule has 0 aliphatic rings. The van der Waals surface area contributed by atoms with E-state index >= 15 is 0 Å². The number of hydrogen-bond donors (Lipinski definition) is 1. The number of carbonyl (C=O) groups excluding carboxylic acids is 1. The third-order valence-corrected chi connectivity index (χ3v) is 2.37. The number of anilines is 1. The predicted octanol–water partition coefficient (Wildman–Crippen LogP) is 1.96. The average molecular weight is 238 g/mol. The standard InChI is InChI=1S/C11H14N2O4/c1-11(2,17-3)10(14)12-8-5-4-6-9(7-8)13(15)16/h4-7H,1-3H3,(H,12,14). The van der Waals surface area contributed by atoms with Gasteiger partial charge in [-0.2, -0.15) is 0 Å². The number of benzene rings is 1. The molecule has 1 aromatic rings. The fourth-order valence-electron chi connectivity index (χ4n) is 1.07. The van der Waals surface area contributed by atoms with E-state index in [0.29, 0.717) is 5.69 Å². The molecule has 1 N–H and O–H groups in total. The Morgan fingerprint density at radius 1 is 1.47 bits per heavy atom. The summed E-state index contributed by atoms with van der Waals surface area (Å²) < 4.78 is 5.00. The molecular formula is C11H14N2O4. The third-order valence-electron chi connectivity index (χ3n) is 2.37. The van der Waals surface area contributed by atoms with Crippen molar-refractivity contribution in [3.8, 4) is 0 Å². The summed E-state index contributed by atoms with van der Waals surface area (Å²) in [4.78, 5) is 21.8. The van der Waals surface area contributed by atoms with Gasteiger partial charge in [-0.05, 0) is 19.9 Å². The zero-order chi connectivity index (χ0) is 13.1. The highest BCUT2D eigenvalue weighted by molar-refractivity contribution is 5.96. The quantitative estimate of drug-likeness (QED) is 0.642. The van der Waals surface area contributed by atoms with E-state index in [2.05, 4.69) is 5.32 Å². The van der Waals surface area contributed by atoms with Gasteiger partial charge < -0.3 is 10.1 Å². The minimum absolute atomic E-state index is 0.0713. The van der Waals surface area contributed by atoms with Crippen LogP contribution in [-0.4, -0.2) is 23.5 Å². The molecule has 0 aliphatic carbocycles. The van der Waals surface area contributed by atoms with E-state index in [0.717, 1.165) is 0 Å². The summed E-state index contributed by atoms with van der Waals surface area (Å²) in [5, 5.41) is 13.1. The lowest BCUT2D eigenvalue weighted by molar-refractivity contribution is -0.384. The highest BCUT2D eigenvalue weighted by Crippen LogP contribution is 2.19. The molecule has 92 valence electrons. The highest BCUT2D eigenvalue weighted by Gasteiger charge is 2.27. The Morgan fingerprint density at radius 3 is 2.65 bits per heavy atom. The van der Waals surface area contributed by atoms with E-state index in [1.807, 2.05) is 0 Å². The number of nitro benzene ring substituents is 1. The number of methoxy groups -OCH3 is 1. The molecule has 0 heterocycles. The van der Waals surface area contributed by atoms with Crippen molar-refractivity contribution in [2.75, 3.05) is 12.4 Å². The number of ether oxygens (including phenoxy) is 1. The van der Waals surface area contributed by atoms with Gasteiger partial charge in [-0.25, -0.2) is 0 Å². The minimum atomic E-state index is -0.982. The fourth-order valence-corrected chi connectivity index (χ4v) is 1.07. The molecule has 6 heteroatoms. The summed E-state index contributed by atoms with van der Waals surface area (Å²) in [7, 11) is 1.42. The molecule has 0 saturated heterocycles. The lowest BCUT2D eigenvalue weighted by atomic mass is 10.1. The van der Waals surface area contributed by atoms with Gasteiger partial charge >= 0.3 is 0 Å². The van der Waals surface area contributed by atoms with Crippen molar-refractivity contribution in [2.45, 2.75) is 19.4 Å². The molecule has 6 nitrogen and oxygen atoms in total. The van der Waals surface area contributed by atoms with Crippen LogP contribution in [0.5, 0.6) is 0 Å². The molecule has 0 bridgehead atoms. The van der Waals surface area contributed by atoms with Gasteiger partial charge in [0.05, 0.1) is 4.92 Å². The number of non-ortho nitro benzene ring substituents is 1. The first-order chi connectivity index (χ1) is 7.86. The molecule has 0 fully saturated rings. The van der Waals surface area contributed by atoms with Crippen LogP contribution in [0.25, 0.3) is 0 Å². The maximum absolute atomic E-state index is 11.7. The van der Waals surface area contributed by atoms with Crippen molar-refractivity contribution >= 4 is 17.3 Å². The maximum Gasteiger partial charge on any atom is 0.271 e. The summed E-state index contributed by atoms with van der Waals surface area (Å²) in [5.41, 5.74) is -0.683. The maximum atomic E-state index is 11.7. The van der Waals surface area contributed by atoms with Crippen LogP contribution in [0.3, 0.4) is 0 Å². The third kappa shape index (κ3) is 3.25. The van der Waals surface area contributed by atoms with Crippen LogP contribution < -0.4 is 5.32 Å². The molecular weight excluding hydrogens is 224 g/mol. The molecule has 0 unspecified atom stereocenters. The first-order valence-corrected chi connectivity index (χ1v) is 4.98. The van der Waals surface area contributed by atoms with Crippen molar-refractivity contribution in [3.63, 3.8) is 0 Å².